The third-order valence-corrected chi connectivity index (χ3v) is 1.20. The van der Waals surface area contributed by atoms with E-state index in [-0.39, 0.29) is 0 Å². The molecule has 2 heteroatoms. The van der Waals surface area contributed by atoms with E-state index in [2.05, 4.69) is 18.5 Å². The fourth-order valence-corrected chi connectivity index (χ4v) is 0.755. The van der Waals surface area contributed by atoms with E-state index in [1.54, 1.807) is 0 Å². The Labute approximate surface area is 88.4 Å². The van der Waals surface area contributed by atoms with Crippen molar-refractivity contribution in [2.45, 2.75) is 34.6 Å². The minimum Gasteiger partial charge on any atom is -0.472 e. The van der Waals surface area contributed by atoms with Crippen molar-refractivity contribution in [3.63, 3.8) is 0 Å². The molecular formula is C12H23NO. The van der Waals surface area contributed by atoms with E-state index in [0.717, 1.165) is 11.3 Å². The third kappa shape index (κ3) is 6.35. The second kappa shape index (κ2) is 9.90. The smallest absolute Gasteiger partial charge is 0.159 e. The van der Waals surface area contributed by atoms with Gasteiger partial charge in [-0.1, -0.05) is 46.4 Å². The lowest BCUT2D eigenvalue weighted by Crippen LogP contribution is -2.03. The Morgan fingerprint density at radius 3 is 2.14 bits per heavy atom. The van der Waals surface area contributed by atoms with Crippen LogP contribution in [0.3, 0.4) is 0 Å². The molecule has 0 radical (unpaired) electrons. The van der Waals surface area contributed by atoms with Crippen molar-refractivity contribution in [1.29, 1.82) is 0 Å². The van der Waals surface area contributed by atoms with Crippen molar-refractivity contribution < 1.29 is 4.74 Å². The Balaban J connectivity index is 0. The summed E-state index contributed by atoms with van der Waals surface area (Å²) >= 11 is 0. The Kier molecular flexibility index (Phi) is 10.8. The van der Waals surface area contributed by atoms with Gasteiger partial charge in [0, 0.05) is 0 Å². The molecule has 1 aliphatic rings. The van der Waals surface area contributed by atoms with Crippen molar-refractivity contribution >= 4 is 0 Å². The Bertz CT molecular complexity index is 204. The van der Waals surface area contributed by atoms with Gasteiger partial charge in [-0.05, 0) is 13.0 Å². The van der Waals surface area contributed by atoms with E-state index >= 15 is 0 Å². The van der Waals surface area contributed by atoms with Gasteiger partial charge in [-0.2, -0.15) is 0 Å². The largest absolute Gasteiger partial charge is 0.472 e. The molecule has 0 atom stereocenters. The summed E-state index contributed by atoms with van der Waals surface area (Å²) in [6.07, 6.45) is 1.91. The van der Waals surface area contributed by atoms with Gasteiger partial charge >= 0.3 is 0 Å². The molecule has 1 aliphatic heterocycles. The monoisotopic (exact) mass is 197 g/mol. The number of ether oxygens (including phenoxy) is 1. The van der Waals surface area contributed by atoms with Crippen molar-refractivity contribution in [2.75, 3.05) is 6.73 Å². The van der Waals surface area contributed by atoms with Crippen LogP contribution in [-0.2, 0) is 4.74 Å². The Hall–Kier alpha value is -1.18. The predicted molar refractivity (Wildman–Crippen MR) is 63.8 cm³/mol. The normalized spacial score (nSPS) is 15.5. The summed E-state index contributed by atoms with van der Waals surface area (Å²) in [4.78, 5) is 0. The van der Waals surface area contributed by atoms with Crippen LogP contribution in [0.25, 0.3) is 0 Å². The lowest BCUT2D eigenvalue weighted by molar-refractivity contribution is 0.256. The first-order chi connectivity index (χ1) is 6.70. The highest BCUT2D eigenvalue weighted by atomic mass is 16.5. The fourth-order valence-electron chi connectivity index (χ4n) is 0.755. The highest BCUT2D eigenvalue weighted by molar-refractivity contribution is 5.30. The molecule has 82 valence electrons. The number of hydrogen-bond acceptors (Lipinski definition) is 2. The molecule has 0 aromatic heterocycles. The molecule has 1 fully saturated rings. The van der Waals surface area contributed by atoms with E-state index < -0.39 is 0 Å². The molecule has 0 unspecified atom stereocenters. The lowest BCUT2D eigenvalue weighted by Gasteiger charge is -1.94. The Morgan fingerprint density at radius 2 is 1.86 bits per heavy atom. The number of rotatable bonds is 1. The molecule has 0 spiro atoms. The van der Waals surface area contributed by atoms with Crippen LogP contribution < -0.4 is 5.32 Å². The molecule has 0 amide bonds. The molecule has 0 aromatic rings. The summed E-state index contributed by atoms with van der Waals surface area (Å²) in [5.41, 5.74) is 1.93. The number of nitrogens with one attached hydrogen (secondary N) is 1. The van der Waals surface area contributed by atoms with Crippen LogP contribution in [0.4, 0.5) is 0 Å². The van der Waals surface area contributed by atoms with Crippen molar-refractivity contribution in [3.8, 4) is 0 Å². The van der Waals surface area contributed by atoms with Gasteiger partial charge in [0.2, 0.25) is 0 Å². The van der Waals surface area contributed by atoms with Crippen molar-refractivity contribution in [2.24, 2.45) is 0 Å². The minimum atomic E-state index is 0.526. The molecular weight excluding hydrogens is 174 g/mol. The first-order valence-electron chi connectivity index (χ1n) is 5.13. The average molecular weight is 197 g/mol. The average Bonchev–Trinajstić information content (AvgIpc) is 2.58. The van der Waals surface area contributed by atoms with Gasteiger partial charge in [0.25, 0.3) is 0 Å². The van der Waals surface area contributed by atoms with Crippen LogP contribution in [0.2, 0.25) is 0 Å². The predicted octanol–water partition coefficient (Wildman–Crippen LogP) is 3.59. The zero-order valence-corrected chi connectivity index (χ0v) is 10.1. The first kappa shape index (κ1) is 15.3. The maximum absolute atomic E-state index is 5.05. The van der Waals surface area contributed by atoms with E-state index in [0.29, 0.717) is 12.5 Å². The molecule has 1 saturated heterocycles. The molecule has 1 rings (SSSR count). The van der Waals surface area contributed by atoms with Gasteiger partial charge in [0.15, 0.2) is 6.73 Å². The molecule has 0 saturated carbocycles. The quantitative estimate of drug-likeness (QED) is 0.693. The summed E-state index contributed by atoms with van der Waals surface area (Å²) in [5, 5.41) is 3.02. The van der Waals surface area contributed by atoms with E-state index in [9.17, 15) is 0 Å². The molecule has 0 aromatic carbocycles. The summed E-state index contributed by atoms with van der Waals surface area (Å²) in [6.45, 7) is 17.9. The zero-order valence-electron chi connectivity index (χ0n) is 10.1. The topological polar surface area (TPSA) is 21.3 Å². The molecule has 0 aliphatic carbocycles. The maximum atomic E-state index is 5.05. The molecule has 1 heterocycles. The van der Waals surface area contributed by atoms with Crippen molar-refractivity contribution in [1.82, 2.24) is 5.32 Å². The second-order valence-corrected chi connectivity index (χ2v) is 2.29. The SMILES string of the molecule is C=C(C)/C=C1/NCOC1=C.CC.CC. The van der Waals surface area contributed by atoms with Crippen LogP contribution in [-0.4, -0.2) is 6.73 Å². The molecule has 1 N–H and O–H groups in total. The van der Waals surface area contributed by atoms with Gasteiger partial charge in [-0.15, -0.1) is 0 Å². The fraction of sp³-hybridized carbons (Fsp3) is 0.500. The van der Waals surface area contributed by atoms with Crippen LogP contribution in [0.5, 0.6) is 0 Å². The van der Waals surface area contributed by atoms with Crippen LogP contribution in [0.1, 0.15) is 34.6 Å². The highest BCUT2D eigenvalue weighted by Gasteiger charge is 2.09. The second-order valence-electron chi connectivity index (χ2n) is 2.29. The molecule has 2 nitrogen and oxygen atoms in total. The molecule has 14 heavy (non-hydrogen) atoms. The van der Waals surface area contributed by atoms with Gasteiger partial charge in [-0.3, -0.25) is 0 Å². The van der Waals surface area contributed by atoms with Crippen molar-refractivity contribution in [3.05, 3.63) is 36.3 Å². The Morgan fingerprint density at radius 1 is 1.36 bits per heavy atom. The molecule has 0 bridgehead atoms. The van der Waals surface area contributed by atoms with Crippen LogP contribution in [0, 0.1) is 0 Å². The lowest BCUT2D eigenvalue weighted by atomic mass is 10.2. The zero-order chi connectivity index (χ0) is 11.6. The van der Waals surface area contributed by atoms with E-state index in [4.69, 9.17) is 4.74 Å². The third-order valence-electron chi connectivity index (χ3n) is 1.20. The maximum Gasteiger partial charge on any atom is 0.159 e. The van der Waals surface area contributed by atoms with Gasteiger partial charge in [-0.25, -0.2) is 0 Å². The van der Waals surface area contributed by atoms with Gasteiger partial charge in [0.05, 0.1) is 5.70 Å². The van der Waals surface area contributed by atoms with Gasteiger partial charge in [0.1, 0.15) is 5.76 Å². The summed E-state index contributed by atoms with van der Waals surface area (Å²) in [5.74, 6) is 0.697. The highest BCUT2D eigenvalue weighted by Crippen LogP contribution is 2.13. The summed E-state index contributed by atoms with van der Waals surface area (Å²) in [6, 6.07) is 0. The standard InChI is InChI=1S/C8H11NO.2C2H6/c1-6(2)4-8-7(3)10-5-9-8;2*1-2/h4,9H,1,3,5H2,2H3;2*1-2H3/b8-4+;;. The number of hydrogen-bond donors (Lipinski definition) is 1. The van der Waals surface area contributed by atoms with Crippen LogP contribution in [0.15, 0.2) is 36.3 Å². The van der Waals surface area contributed by atoms with E-state index in [1.807, 2.05) is 40.7 Å². The van der Waals surface area contributed by atoms with Crippen LogP contribution >= 0.6 is 0 Å². The number of allylic oxidation sites excluding steroid dienone is 2. The first-order valence-corrected chi connectivity index (χ1v) is 5.13. The minimum absolute atomic E-state index is 0.526. The van der Waals surface area contributed by atoms with Gasteiger partial charge < -0.3 is 10.1 Å². The van der Waals surface area contributed by atoms with E-state index in [1.165, 1.54) is 0 Å². The summed E-state index contributed by atoms with van der Waals surface area (Å²) in [7, 11) is 0. The summed E-state index contributed by atoms with van der Waals surface area (Å²) < 4.78 is 5.05.